The third-order valence-electron chi connectivity index (χ3n) is 5.47. The molecule has 164 valence electrons. The van der Waals surface area contributed by atoms with E-state index in [9.17, 15) is 5.11 Å². The van der Waals surface area contributed by atoms with Crippen molar-refractivity contribution in [3.8, 4) is 0 Å². The van der Waals surface area contributed by atoms with Crippen LogP contribution in [0.5, 0.6) is 0 Å². The van der Waals surface area contributed by atoms with E-state index in [2.05, 4.69) is 37.5 Å². The highest BCUT2D eigenvalue weighted by atomic mass is 127. The smallest absolute Gasteiger partial charge is 0.223 e. The van der Waals surface area contributed by atoms with Crippen LogP contribution in [0.25, 0.3) is 11.2 Å². The molecule has 2 aliphatic rings. The van der Waals surface area contributed by atoms with Gasteiger partial charge in [-0.05, 0) is 22.6 Å². The average molecular weight is 539 g/mol. The number of aliphatic hydroxyl groups is 1. The van der Waals surface area contributed by atoms with Crippen molar-refractivity contribution < 1.29 is 24.1 Å². The van der Waals surface area contributed by atoms with Crippen molar-refractivity contribution in [1.29, 1.82) is 0 Å². The monoisotopic (exact) mass is 539 g/mol. The molecule has 0 bridgehead atoms. The Kier molecular flexibility index (Phi) is 6.03. The Morgan fingerprint density at radius 1 is 1.19 bits per heavy atom. The van der Waals surface area contributed by atoms with Crippen LogP contribution in [0.2, 0.25) is 0 Å². The summed E-state index contributed by atoms with van der Waals surface area (Å²) in [6.07, 6.45) is 0.0729. The molecule has 0 spiro atoms. The molecule has 2 aromatic heterocycles. The Labute approximate surface area is 191 Å². The molecule has 10 nitrogen and oxygen atoms in total. The summed E-state index contributed by atoms with van der Waals surface area (Å²) in [6, 6.07) is 9.47. The Morgan fingerprint density at radius 3 is 2.84 bits per heavy atom. The normalized spacial score (nSPS) is 28.5. The number of imidazole rings is 1. The Hall–Kier alpha value is -1.90. The molecule has 5 atom stereocenters. The molecule has 1 aromatic carbocycles. The molecule has 31 heavy (non-hydrogen) atoms. The summed E-state index contributed by atoms with van der Waals surface area (Å²) in [5.41, 5.74) is 8.07. The number of benzene rings is 1. The van der Waals surface area contributed by atoms with Gasteiger partial charge in [0.2, 0.25) is 5.95 Å². The van der Waals surface area contributed by atoms with Crippen molar-refractivity contribution in [3.63, 3.8) is 0 Å². The van der Waals surface area contributed by atoms with Crippen LogP contribution in [0, 0.1) is 3.70 Å². The first-order valence-corrected chi connectivity index (χ1v) is 11.0. The van der Waals surface area contributed by atoms with E-state index in [-0.39, 0.29) is 31.3 Å². The molecule has 0 saturated carbocycles. The molecule has 11 heteroatoms. The number of nitrogens with zero attached hydrogens (tertiary/aromatic N) is 4. The van der Waals surface area contributed by atoms with E-state index in [0.29, 0.717) is 28.1 Å². The SMILES string of the molecule is Nc1nc(I)c2ncn([C@@H]3CO[C@@H]4COC(c5ccccc5)O[C@H]4[C@H]3OCCO)c2n1. The third-order valence-corrected chi connectivity index (χ3v) is 6.22. The number of rotatable bonds is 5. The van der Waals surface area contributed by atoms with Crippen LogP contribution in [0.1, 0.15) is 17.9 Å². The quantitative estimate of drug-likeness (QED) is 0.366. The lowest BCUT2D eigenvalue weighted by Crippen LogP contribution is -2.57. The number of hydrogen-bond acceptors (Lipinski definition) is 9. The minimum atomic E-state index is -0.525. The van der Waals surface area contributed by atoms with Gasteiger partial charge < -0.3 is 34.4 Å². The molecule has 2 saturated heterocycles. The Balaban J connectivity index is 1.49. The van der Waals surface area contributed by atoms with E-state index in [1.54, 1.807) is 6.33 Å². The predicted octanol–water partition coefficient (Wildman–Crippen LogP) is 1.44. The van der Waals surface area contributed by atoms with Gasteiger partial charge in [-0.15, -0.1) is 0 Å². The number of nitrogen functional groups attached to an aromatic ring is 1. The molecular formula is C20H22IN5O5. The highest BCUT2D eigenvalue weighted by molar-refractivity contribution is 14.1. The molecule has 3 aromatic rings. The molecule has 2 aliphatic heterocycles. The molecule has 4 heterocycles. The first-order chi connectivity index (χ1) is 15.2. The van der Waals surface area contributed by atoms with Gasteiger partial charge in [-0.25, -0.2) is 9.97 Å². The van der Waals surface area contributed by atoms with E-state index in [1.165, 1.54) is 0 Å². The van der Waals surface area contributed by atoms with Crippen LogP contribution < -0.4 is 5.73 Å². The van der Waals surface area contributed by atoms with Crippen LogP contribution in [-0.2, 0) is 18.9 Å². The van der Waals surface area contributed by atoms with Crippen molar-refractivity contribution in [2.75, 3.05) is 32.2 Å². The number of aromatic nitrogens is 4. The zero-order chi connectivity index (χ0) is 21.4. The van der Waals surface area contributed by atoms with E-state index in [0.717, 1.165) is 5.56 Å². The van der Waals surface area contributed by atoms with Crippen molar-refractivity contribution in [2.45, 2.75) is 30.6 Å². The van der Waals surface area contributed by atoms with Gasteiger partial charge in [0.25, 0.3) is 0 Å². The number of hydrogen-bond donors (Lipinski definition) is 2. The molecule has 0 amide bonds. The minimum Gasteiger partial charge on any atom is -0.394 e. The number of halogens is 1. The van der Waals surface area contributed by atoms with E-state index in [4.69, 9.17) is 24.7 Å². The van der Waals surface area contributed by atoms with Crippen molar-refractivity contribution in [2.24, 2.45) is 0 Å². The van der Waals surface area contributed by atoms with Crippen molar-refractivity contribution in [1.82, 2.24) is 19.5 Å². The molecule has 3 N–H and O–H groups in total. The van der Waals surface area contributed by atoms with Crippen LogP contribution >= 0.6 is 22.6 Å². The van der Waals surface area contributed by atoms with Crippen LogP contribution in [0.4, 0.5) is 5.95 Å². The van der Waals surface area contributed by atoms with Crippen LogP contribution in [-0.4, -0.2) is 69.4 Å². The highest BCUT2D eigenvalue weighted by Gasteiger charge is 2.47. The number of fused-ring (bicyclic) bond motifs is 2. The molecule has 5 rings (SSSR count). The van der Waals surface area contributed by atoms with Crippen LogP contribution in [0.15, 0.2) is 36.7 Å². The van der Waals surface area contributed by atoms with Crippen molar-refractivity contribution >= 4 is 39.7 Å². The summed E-state index contributed by atoms with van der Waals surface area (Å²) < 4.78 is 27.0. The van der Waals surface area contributed by atoms with Gasteiger partial charge in [0.15, 0.2) is 11.9 Å². The number of aliphatic hydroxyl groups excluding tert-OH is 1. The second kappa shape index (κ2) is 8.92. The van der Waals surface area contributed by atoms with Gasteiger partial charge in [-0.3, -0.25) is 0 Å². The second-order valence-corrected chi connectivity index (χ2v) is 8.39. The maximum Gasteiger partial charge on any atom is 0.223 e. The summed E-state index contributed by atoms with van der Waals surface area (Å²) in [5.74, 6) is 0.174. The Morgan fingerprint density at radius 2 is 2.03 bits per heavy atom. The maximum atomic E-state index is 9.41. The van der Waals surface area contributed by atoms with Gasteiger partial charge in [-0.1, -0.05) is 30.3 Å². The first-order valence-electron chi connectivity index (χ1n) is 9.97. The predicted molar refractivity (Wildman–Crippen MR) is 118 cm³/mol. The maximum absolute atomic E-state index is 9.41. The fourth-order valence-corrected chi connectivity index (χ4v) is 4.70. The molecular weight excluding hydrogens is 517 g/mol. The zero-order valence-corrected chi connectivity index (χ0v) is 18.7. The van der Waals surface area contributed by atoms with E-state index in [1.807, 2.05) is 34.9 Å². The zero-order valence-electron chi connectivity index (χ0n) is 16.5. The molecule has 0 aliphatic carbocycles. The van der Waals surface area contributed by atoms with Crippen molar-refractivity contribution in [3.05, 3.63) is 45.9 Å². The lowest BCUT2D eigenvalue weighted by molar-refractivity contribution is -0.311. The van der Waals surface area contributed by atoms with Gasteiger partial charge in [0.1, 0.15) is 27.5 Å². The lowest BCUT2D eigenvalue weighted by atomic mass is 9.96. The van der Waals surface area contributed by atoms with Crippen LogP contribution in [0.3, 0.4) is 0 Å². The number of ether oxygens (including phenoxy) is 4. The van der Waals surface area contributed by atoms with Gasteiger partial charge >= 0.3 is 0 Å². The number of anilines is 1. The largest absolute Gasteiger partial charge is 0.394 e. The van der Waals surface area contributed by atoms with E-state index < -0.39 is 18.5 Å². The second-order valence-electron chi connectivity index (χ2n) is 7.37. The molecule has 1 unspecified atom stereocenters. The summed E-state index contributed by atoms with van der Waals surface area (Å²) in [4.78, 5) is 13.0. The van der Waals surface area contributed by atoms with Gasteiger partial charge in [-0.2, -0.15) is 4.98 Å². The minimum absolute atomic E-state index is 0.0994. The van der Waals surface area contributed by atoms with E-state index >= 15 is 0 Å². The molecule has 0 radical (unpaired) electrons. The fraction of sp³-hybridized carbons (Fsp3) is 0.450. The standard InChI is InChI=1S/C20H22IN5O5/c21-17-14-18(25-20(22)24-17)26(10-23-14)12-8-29-13-9-30-19(11-4-2-1-3-5-11)31-16(13)15(12)28-7-6-27/h1-5,10,12-13,15-16,19,27H,6-9H2,(H2,22,24,25)/t12-,13-,15+,16-,19?/m1/s1. The average Bonchev–Trinajstić information content (AvgIpc) is 3.21. The molecule has 2 fully saturated rings. The topological polar surface area (TPSA) is 127 Å². The Bertz CT molecular complexity index is 1050. The summed E-state index contributed by atoms with van der Waals surface area (Å²) in [5, 5.41) is 9.41. The summed E-state index contributed by atoms with van der Waals surface area (Å²) in [6.45, 7) is 0.809. The summed E-state index contributed by atoms with van der Waals surface area (Å²) >= 11 is 2.09. The fourth-order valence-electron chi connectivity index (χ4n) is 4.07. The highest BCUT2D eigenvalue weighted by Crippen LogP contribution is 2.37. The van der Waals surface area contributed by atoms with Gasteiger partial charge in [0, 0.05) is 5.56 Å². The summed E-state index contributed by atoms with van der Waals surface area (Å²) in [7, 11) is 0. The van der Waals surface area contributed by atoms with Gasteiger partial charge in [0.05, 0.1) is 38.8 Å². The number of nitrogens with two attached hydrogens (primary N) is 1. The third kappa shape index (κ3) is 4.01. The lowest BCUT2D eigenvalue weighted by Gasteiger charge is -2.46. The first kappa shape index (κ1) is 21.0.